The molecule has 6 nitrogen and oxygen atoms in total. The van der Waals surface area contributed by atoms with Crippen LogP contribution in [0, 0.1) is 5.92 Å². The summed E-state index contributed by atoms with van der Waals surface area (Å²) in [6, 6.07) is 0.00813. The van der Waals surface area contributed by atoms with E-state index < -0.39 is 0 Å². The Morgan fingerprint density at radius 2 is 1.75 bits per heavy atom. The second-order valence-electron chi connectivity index (χ2n) is 5.69. The van der Waals surface area contributed by atoms with Crippen LogP contribution in [-0.2, 0) is 4.79 Å². The molecule has 1 aliphatic rings. The van der Waals surface area contributed by atoms with Crippen molar-refractivity contribution in [1.29, 1.82) is 0 Å². The normalized spacial score (nSPS) is 16.3. The van der Waals surface area contributed by atoms with Gasteiger partial charge >= 0.3 is 6.03 Å². The van der Waals surface area contributed by atoms with E-state index in [-0.39, 0.29) is 11.9 Å². The van der Waals surface area contributed by atoms with Crippen LogP contribution in [0.2, 0.25) is 0 Å². The number of nitrogens with zero attached hydrogens (tertiary/aromatic N) is 2. The molecular weight excluding hydrogens is 256 g/mol. The molecule has 1 aliphatic heterocycles. The first-order chi connectivity index (χ1) is 9.52. The zero-order valence-electron chi connectivity index (χ0n) is 12.9. The molecule has 20 heavy (non-hydrogen) atoms. The zero-order chi connectivity index (χ0) is 15.0. The van der Waals surface area contributed by atoms with E-state index in [1.54, 1.807) is 0 Å². The van der Waals surface area contributed by atoms with Gasteiger partial charge in [0.25, 0.3) is 0 Å². The quantitative estimate of drug-likeness (QED) is 0.746. The molecule has 6 heteroatoms. The molecule has 0 saturated carbocycles. The average Bonchev–Trinajstić information content (AvgIpc) is 2.43. The lowest BCUT2D eigenvalue weighted by atomic mass is 10.2. The van der Waals surface area contributed by atoms with Crippen LogP contribution in [0.25, 0.3) is 0 Å². The van der Waals surface area contributed by atoms with Crippen molar-refractivity contribution in [1.82, 2.24) is 20.4 Å². The SMILES string of the molecule is CCCNC(=O)CN1CCN(C(=O)NCC(C)C)CC1. The van der Waals surface area contributed by atoms with Crippen molar-refractivity contribution < 1.29 is 9.59 Å². The van der Waals surface area contributed by atoms with Crippen molar-refractivity contribution in [2.75, 3.05) is 45.8 Å². The molecule has 2 N–H and O–H groups in total. The summed E-state index contributed by atoms with van der Waals surface area (Å²) >= 11 is 0. The van der Waals surface area contributed by atoms with Gasteiger partial charge in [-0.3, -0.25) is 9.69 Å². The minimum atomic E-state index is 0.00813. The van der Waals surface area contributed by atoms with Crippen molar-refractivity contribution in [2.45, 2.75) is 27.2 Å². The lowest BCUT2D eigenvalue weighted by Gasteiger charge is -2.34. The Hall–Kier alpha value is -1.30. The molecule has 0 aliphatic carbocycles. The fourth-order valence-electron chi connectivity index (χ4n) is 2.04. The Labute approximate surface area is 121 Å². The number of amides is 3. The minimum absolute atomic E-state index is 0.00813. The third-order valence-corrected chi connectivity index (χ3v) is 3.26. The van der Waals surface area contributed by atoms with Crippen molar-refractivity contribution in [3.05, 3.63) is 0 Å². The second kappa shape index (κ2) is 8.79. The maximum absolute atomic E-state index is 11.9. The molecule has 1 heterocycles. The van der Waals surface area contributed by atoms with E-state index in [9.17, 15) is 9.59 Å². The fourth-order valence-corrected chi connectivity index (χ4v) is 2.04. The van der Waals surface area contributed by atoms with Gasteiger partial charge in [0.2, 0.25) is 5.91 Å². The number of rotatable bonds is 6. The third kappa shape index (κ3) is 6.23. The molecule has 0 atom stereocenters. The van der Waals surface area contributed by atoms with E-state index in [0.717, 1.165) is 26.1 Å². The first-order valence-electron chi connectivity index (χ1n) is 7.54. The maximum atomic E-state index is 11.9. The molecule has 0 unspecified atom stereocenters. The summed E-state index contributed by atoms with van der Waals surface area (Å²) in [6.07, 6.45) is 0.954. The summed E-state index contributed by atoms with van der Waals surface area (Å²) in [5.41, 5.74) is 0. The van der Waals surface area contributed by atoms with Crippen LogP contribution in [-0.4, -0.2) is 67.6 Å². The summed E-state index contributed by atoms with van der Waals surface area (Å²) in [6.45, 7) is 10.9. The van der Waals surface area contributed by atoms with E-state index in [2.05, 4.69) is 29.4 Å². The Bertz CT molecular complexity index is 312. The molecule has 0 radical (unpaired) electrons. The fraction of sp³-hybridized carbons (Fsp3) is 0.857. The van der Waals surface area contributed by atoms with Crippen LogP contribution in [0.1, 0.15) is 27.2 Å². The van der Waals surface area contributed by atoms with Crippen LogP contribution in [0.4, 0.5) is 4.79 Å². The van der Waals surface area contributed by atoms with Crippen molar-refractivity contribution in [3.63, 3.8) is 0 Å². The molecule has 1 rings (SSSR count). The number of carbonyl (C=O) groups is 2. The van der Waals surface area contributed by atoms with Gasteiger partial charge in [-0.05, 0) is 12.3 Å². The van der Waals surface area contributed by atoms with Crippen LogP contribution in [0.15, 0.2) is 0 Å². The molecular formula is C14H28N4O2. The number of urea groups is 1. The standard InChI is InChI=1S/C14H28N4O2/c1-4-5-15-13(19)11-17-6-8-18(9-7-17)14(20)16-10-12(2)3/h12H,4-11H2,1-3H3,(H,15,19)(H,16,20). The average molecular weight is 284 g/mol. The molecule has 116 valence electrons. The minimum Gasteiger partial charge on any atom is -0.355 e. The molecule has 0 spiro atoms. The Balaban J connectivity index is 2.22. The summed E-state index contributed by atoms with van der Waals surface area (Å²) in [5, 5.41) is 5.80. The van der Waals surface area contributed by atoms with E-state index in [1.165, 1.54) is 0 Å². The van der Waals surface area contributed by atoms with E-state index in [0.29, 0.717) is 32.1 Å². The highest BCUT2D eigenvalue weighted by molar-refractivity contribution is 5.78. The van der Waals surface area contributed by atoms with Gasteiger partial charge in [-0.15, -0.1) is 0 Å². The van der Waals surface area contributed by atoms with Gasteiger partial charge < -0.3 is 15.5 Å². The summed E-state index contributed by atoms with van der Waals surface area (Å²) in [4.78, 5) is 27.4. The van der Waals surface area contributed by atoms with Crippen LogP contribution in [0.5, 0.6) is 0 Å². The van der Waals surface area contributed by atoms with Gasteiger partial charge in [0.15, 0.2) is 0 Å². The van der Waals surface area contributed by atoms with Gasteiger partial charge in [-0.1, -0.05) is 20.8 Å². The molecule has 0 aromatic rings. The third-order valence-electron chi connectivity index (χ3n) is 3.26. The highest BCUT2D eigenvalue weighted by Gasteiger charge is 2.22. The largest absolute Gasteiger partial charge is 0.355 e. The predicted octanol–water partition coefficient (Wildman–Crippen LogP) is 0.496. The van der Waals surface area contributed by atoms with Crippen molar-refractivity contribution in [3.8, 4) is 0 Å². The number of carbonyl (C=O) groups excluding carboxylic acids is 2. The van der Waals surface area contributed by atoms with Crippen LogP contribution < -0.4 is 10.6 Å². The monoisotopic (exact) mass is 284 g/mol. The second-order valence-corrected chi connectivity index (χ2v) is 5.69. The van der Waals surface area contributed by atoms with Crippen LogP contribution >= 0.6 is 0 Å². The van der Waals surface area contributed by atoms with Crippen molar-refractivity contribution >= 4 is 11.9 Å². The van der Waals surface area contributed by atoms with Gasteiger partial charge in [-0.2, -0.15) is 0 Å². The smallest absolute Gasteiger partial charge is 0.317 e. The topological polar surface area (TPSA) is 64.7 Å². The summed E-state index contributed by atoms with van der Waals surface area (Å²) in [7, 11) is 0. The lowest BCUT2D eigenvalue weighted by Crippen LogP contribution is -2.53. The Morgan fingerprint density at radius 1 is 1.10 bits per heavy atom. The van der Waals surface area contributed by atoms with Gasteiger partial charge in [0.05, 0.1) is 6.54 Å². The molecule has 0 aromatic carbocycles. The molecule has 1 saturated heterocycles. The summed E-state index contributed by atoms with van der Waals surface area (Å²) in [5.74, 6) is 0.534. The highest BCUT2D eigenvalue weighted by Crippen LogP contribution is 2.02. The number of piperazine rings is 1. The lowest BCUT2D eigenvalue weighted by molar-refractivity contribution is -0.122. The van der Waals surface area contributed by atoms with E-state index >= 15 is 0 Å². The highest BCUT2D eigenvalue weighted by atomic mass is 16.2. The predicted molar refractivity (Wildman–Crippen MR) is 79.6 cm³/mol. The molecule has 0 bridgehead atoms. The van der Waals surface area contributed by atoms with E-state index in [4.69, 9.17) is 0 Å². The Kier molecular flexibility index (Phi) is 7.36. The maximum Gasteiger partial charge on any atom is 0.317 e. The zero-order valence-corrected chi connectivity index (χ0v) is 12.9. The van der Waals surface area contributed by atoms with Gasteiger partial charge in [0.1, 0.15) is 0 Å². The first-order valence-corrected chi connectivity index (χ1v) is 7.54. The van der Waals surface area contributed by atoms with Crippen LogP contribution in [0.3, 0.4) is 0 Å². The summed E-state index contributed by atoms with van der Waals surface area (Å²) < 4.78 is 0. The number of hydrogen-bond donors (Lipinski definition) is 2. The first kappa shape index (κ1) is 16.8. The van der Waals surface area contributed by atoms with E-state index in [1.807, 2.05) is 11.8 Å². The van der Waals surface area contributed by atoms with Crippen molar-refractivity contribution in [2.24, 2.45) is 5.92 Å². The Morgan fingerprint density at radius 3 is 2.30 bits per heavy atom. The number of nitrogens with one attached hydrogen (secondary N) is 2. The molecule has 1 fully saturated rings. The van der Waals surface area contributed by atoms with Gasteiger partial charge in [0, 0.05) is 39.3 Å². The molecule has 0 aromatic heterocycles. The number of hydrogen-bond acceptors (Lipinski definition) is 3. The van der Waals surface area contributed by atoms with Gasteiger partial charge in [-0.25, -0.2) is 4.79 Å². The molecule has 3 amide bonds.